The molecule has 0 saturated carbocycles. The zero-order valence-electron chi connectivity index (χ0n) is 14.9. The van der Waals surface area contributed by atoms with E-state index in [2.05, 4.69) is 25.9 Å². The van der Waals surface area contributed by atoms with Crippen LogP contribution in [0.25, 0.3) is 0 Å². The van der Waals surface area contributed by atoms with Gasteiger partial charge in [-0.25, -0.2) is 9.67 Å². The van der Waals surface area contributed by atoms with E-state index in [4.69, 9.17) is 16.3 Å². The minimum absolute atomic E-state index is 0. The lowest BCUT2D eigenvalue weighted by atomic mass is 10.1. The molecule has 0 spiro atoms. The van der Waals surface area contributed by atoms with Crippen molar-refractivity contribution in [2.24, 2.45) is 0 Å². The number of carbonyl (C=O) groups excluding carboxylic acids is 1. The van der Waals surface area contributed by atoms with E-state index >= 15 is 0 Å². The Balaban J connectivity index is 0.00000182. The number of aromatic nitrogens is 4. The summed E-state index contributed by atoms with van der Waals surface area (Å²) in [5.74, 6) is 0.0971. The molecule has 2 N–H and O–H groups in total. The molecule has 150 valence electrons. The van der Waals surface area contributed by atoms with Crippen molar-refractivity contribution in [3.8, 4) is 5.88 Å². The maximum Gasteiger partial charge on any atom is 0.273 e. The first-order valence-corrected chi connectivity index (χ1v) is 8.68. The van der Waals surface area contributed by atoms with Crippen molar-refractivity contribution in [3.63, 3.8) is 0 Å². The summed E-state index contributed by atoms with van der Waals surface area (Å²) >= 11 is 5.96. The highest BCUT2D eigenvalue weighted by molar-refractivity contribution is 6.31. The second-order valence-corrected chi connectivity index (χ2v) is 6.25. The zero-order valence-corrected chi connectivity index (χ0v) is 17.2. The second-order valence-electron chi connectivity index (χ2n) is 5.84. The van der Waals surface area contributed by atoms with Crippen molar-refractivity contribution < 1.29 is 9.53 Å². The largest absolute Gasteiger partial charge is 0.475 e. The number of piperidine rings is 1. The monoisotopic (exact) mass is 436 g/mol. The first-order chi connectivity index (χ1) is 12.2. The predicted molar refractivity (Wildman–Crippen MR) is 107 cm³/mol. The van der Waals surface area contributed by atoms with Crippen LogP contribution < -0.4 is 15.4 Å². The van der Waals surface area contributed by atoms with Crippen molar-refractivity contribution in [2.75, 3.05) is 26.2 Å². The van der Waals surface area contributed by atoms with Gasteiger partial charge in [0.05, 0.1) is 18.3 Å². The smallest absolute Gasteiger partial charge is 0.273 e. The molecular formula is C16H23Cl3N6O2. The fourth-order valence-electron chi connectivity index (χ4n) is 2.82. The molecule has 0 bridgehead atoms. The Morgan fingerprint density at radius 3 is 2.85 bits per heavy atom. The minimum Gasteiger partial charge on any atom is -0.475 e. The third-order valence-corrected chi connectivity index (χ3v) is 4.44. The molecule has 2 aromatic heterocycles. The Hall–Kier alpha value is -1.61. The van der Waals surface area contributed by atoms with Crippen LogP contribution in [0.4, 0.5) is 0 Å². The molecule has 3 rings (SSSR count). The van der Waals surface area contributed by atoms with Gasteiger partial charge in [0.15, 0.2) is 5.69 Å². The first-order valence-electron chi connectivity index (χ1n) is 8.31. The van der Waals surface area contributed by atoms with Gasteiger partial charge >= 0.3 is 0 Å². The van der Waals surface area contributed by atoms with E-state index in [9.17, 15) is 4.79 Å². The van der Waals surface area contributed by atoms with Gasteiger partial charge in [0.1, 0.15) is 11.6 Å². The van der Waals surface area contributed by atoms with E-state index in [1.165, 1.54) is 0 Å². The molecule has 1 aliphatic rings. The third-order valence-electron chi connectivity index (χ3n) is 4.15. The molecule has 0 aromatic carbocycles. The van der Waals surface area contributed by atoms with Gasteiger partial charge in [-0.15, -0.1) is 29.9 Å². The van der Waals surface area contributed by atoms with Crippen molar-refractivity contribution in [1.82, 2.24) is 30.6 Å². The molecule has 0 unspecified atom stereocenters. The van der Waals surface area contributed by atoms with Crippen LogP contribution in [0.1, 0.15) is 35.1 Å². The highest BCUT2D eigenvalue weighted by Crippen LogP contribution is 2.21. The summed E-state index contributed by atoms with van der Waals surface area (Å²) in [7, 11) is 0. The summed E-state index contributed by atoms with van der Waals surface area (Å²) in [6, 6.07) is 3.72. The van der Waals surface area contributed by atoms with Gasteiger partial charge < -0.3 is 15.4 Å². The first kappa shape index (κ1) is 23.4. The number of carbonyl (C=O) groups is 1. The van der Waals surface area contributed by atoms with Gasteiger partial charge in [0, 0.05) is 6.20 Å². The number of nitrogens with one attached hydrogen (secondary N) is 2. The van der Waals surface area contributed by atoms with Crippen LogP contribution in [0.15, 0.2) is 18.3 Å². The van der Waals surface area contributed by atoms with Crippen LogP contribution in [-0.4, -0.2) is 52.1 Å². The van der Waals surface area contributed by atoms with Crippen LogP contribution in [0.2, 0.25) is 5.02 Å². The fourth-order valence-corrected chi connectivity index (χ4v) is 3.00. The van der Waals surface area contributed by atoms with Gasteiger partial charge in [-0.2, -0.15) is 0 Å². The standard InChI is InChI=1S/C16H21ClN6O2.2ClH/c1-11-14(21-22-23(11)12-4-7-18-8-5-12)15(24)19-9-10-25-16-13(17)3-2-6-20-16;;/h2-3,6,12,18H,4-5,7-10H2,1H3,(H,19,24);2*1H. The number of ether oxygens (including phenoxy) is 1. The molecule has 0 atom stereocenters. The van der Waals surface area contributed by atoms with Crippen LogP contribution in [-0.2, 0) is 0 Å². The van der Waals surface area contributed by atoms with Gasteiger partial charge in [0.25, 0.3) is 5.91 Å². The molecule has 0 aliphatic carbocycles. The lowest BCUT2D eigenvalue weighted by molar-refractivity contribution is 0.0941. The Kier molecular flexibility index (Phi) is 9.79. The molecule has 11 heteroatoms. The predicted octanol–water partition coefficient (Wildman–Crippen LogP) is 2.21. The molecule has 27 heavy (non-hydrogen) atoms. The molecule has 2 aromatic rings. The van der Waals surface area contributed by atoms with Gasteiger partial charge in [0.2, 0.25) is 5.88 Å². The molecule has 3 heterocycles. The molecule has 1 amide bonds. The van der Waals surface area contributed by atoms with Crippen LogP contribution in [0.5, 0.6) is 5.88 Å². The topological polar surface area (TPSA) is 94.0 Å². The second kappa shape index (κ2) is 11.3. The summed E-state index contributed by atoms with van der Waals surface area (Å²) in [6.07, 6.45) is 3.58. The SMILES string of the molecule is Cc1c(C(=O)NCCOc2ncccc2Cl)nnn1C1CCNCC1.Cl.Cl. The summed E-state index contributed by atoms with van der Waals surface area (Å²) in [6.45, 7) is 4.38. The lowest BCUT2D eigenvalue weighted by Gasteiger charge is -2.23. The molecular weight excluding hydrogens is 415 g/mol. The van der Waals surface area contributed by atoms with Crippen molar-refractivity contribution >= 4 is 42.3 Å². The highest BCUT2D eigenvalue weighted by atomic mass is 35.5. The molecule has 8 nitrogen and oxygen atoms in total. The summed E-state index contributed by atoms with van der Waals surface area (Å²) in [5, 5.41) is 14.8. The van der Waals surface area contributed by atoms with E-state index in [1.54, 1.807) is 18.3 Å². The Morgan fingerprint density at radius 2 is 2.15 bits per heavy atom. The summed E-state index contributed by atoms with van der Waals surface area (Å²) in [4.78, 5) is 16.3. The van der Waals surface area contributed by atoms with E-state index in [0.717, 1.165) is 31.6 Å². The lowest BCUT2D eigenvalue weighted by Crippen LogP contribution is -2.31. The van der Waals surface area contributed by atoms with Gasteiger partial charge in [-0.3, -0.25) is 4.79 Å². The van der Waals surface area contributed by atoms with Gasteiger partial charge in [-0.1, -0.05) is 16.8 Å². The number of amides is 1. The van der Waals surface area contributed by atoms with Crippen molar-refractivity contribution in [3.05, 3.63) is 34.7 Å². The Bertz CT molecular complexity index is 737. The maximum atomic E-state index is 12.3. The van der Waals surface area contributed by atoms with Crippen molar-refractivity contribution in [1.29, 1.82) is 0 Å². The normalized spacial score (nSPS) is 14.0. The Labute approximate surface area is 175 Å². The maximum absolute atomic E-state index is 12.3. The quantitative estimate of drug-likeness (QED) is 0.673. The molecule has 1 fully saturated rings. The van der Waals surface area contributed by atoms with Crippen LogP contribution in [0, 0.1) is 6.92 Å². The van der Waals surface area contributed by atoms with Gasteiger partial charge in [-0.05, 0) is 45.0 Å². The Morgan fingerprint density at radius 1 is 1.41 bits per heavy atom. The molecule has 1 aliphatic heterocycles. The van der Waals surface area contributed by atoms with E-state index in [0.29, 0.717) is 29.2 Å². The van der Waals surface area contributed by atoms with E-state index in [1.807, 2.05) is 11.6 Å². The fraction of sp³-hybridized carbons (Fsp3) is 0.500. The number of hydrogen-bond donors (Lipinski definition) is 2. The number of hydrogen-bond acceptors (Lipinski definition) is 6. The highest BCUT2D eigenvalue weighted by Gasteiger charge is 2.22. The van der Waals surface area contributed by atoms with Crippen molar-refractivity contribution in [2.45, 2.75) is 25.8 Å². The average molecular weight is 438 g/mol. The summed E-state index contributed by atoms with van der Waals surface area (Å²) < 4.78 is 7.31. The van der Waals surface area contributed by atoms with Crippen LogP contribution in [0.3, 0.4) is 0 Å². The number of nitrogens with zero attached hydrogens (tertiary/aromatic N) is 4. The van der Waals surface area contributed by atoms with E-state index in [-0.39, 0.29) is 37.3 Å². The number of pyridine rings is 1. The number of rotatable bonds is 6. The number of halogens is 3. The molecule has 1 saturated heterocycles. The molecule has 0 radical (unpaired) electrons. The minimum atomic E-state index is -0.256. The van der Waals surface area contributed by atoms with Crippen LogP contribution >= 0.6 is 36.4 Å². The third kappa shape index (κ3) is 5.93. The average Bonchev–Trinajstić information content (AvgIpc) is 3.02. The van der Waals surface area contributed by atoms with E-state index < -0.39 is 0 Å². The zero-order chi connectivity index (χ0) is 17.6. The summed E-state index contributed by atoms with van der Waals surface area (Å²) in [5.41, 5.74) is 1.15.